The van der Waals surface area contributed by atoms with Gasteiger partial charge in [0.15, 0.2) is 0 Å². The number of nitrogens with two attached hydrogens (primary N) is 1. The lowest BCUT2D eigenvalue weighted by Gasteiger charge is -2.05. The summed E-state index contributed by atoms with van der Waals surface area (Å²) in [6.45, 7) is 2.84. The summed E-state index contributed by atoms with van der Waals surface area (Å²) in [6, 6.07) is 7.68. The van der Waals surface area contributed by atoms with E-state index in [1.165, 1.54) is 0 Å². The maximum absolute atomic E-state index is 12.1. The minimum Gasteiger partial charge on any atom is -0.346 e. The van der Waals surface area contributed by atoms with Crippen molar-refractivity contribution in [1.29, 1.82) is 0 Å². The molecule has 0 saturated heterocycles. The molecule has 2 aromatic rings. The van der Waals surface area contributed by atoms with Crippen molar-refractivity contribution in [1.82, 2.24) is 9.88 Å². The van der Waals surface area contributed by atoms with Crippen LogP contribution in [0, 0.1) is 18.8 Å². The van der Waals surface area contributed by atoms with Crippen molar-refractivity contribution in [2.75, 3.05) is 6.54 Å². The Morgan fingerprint density at radius 3 is 2.85 bits per heavy atom. The number of hydrogen-bond donors (Lipinski definition) is 2. The molecule has 0 aliphatic rings. The second-order valence-electron chi connectivity index (χ2n) is 4.37. The summed E-state index contributed by atoms with van der Waals surface area (Å²) in [4.78, 5) is 14.1. The number of carbonyl (C=O) groups is 1. The van der Waals surface area contributed by atoms with Gasteiger partial charge in [0, 0.05) is 17.6 Å². The van der Waals surface area contributed by atoms with Gasteiger partial charge < -0.3 is 15.6 Å². The van der Waals surface area contributed by atoms with Gasteiger partial charge in [-0.05, 0) is 31.2 Å². The summed E-state index contributed by atoms with van der Waals surface area (Å²) < 4.78 is 1.88. The highest BCUT2D eigenvalue weighted by Crippen LogP contribution is 2.15. The standard InChI is InChI=1S/C15H17N3OS/c1-11-5-8-14(18(11)2)15(19)17-10-13-7-6-12(20-13)4-3-9-16/h5-8H,9-10,16H2,1-2H3,(H,17,19). The third kappa shape index (κ3) is 3.29. The van der Waals surface area contributed by atoms with Crippen molar-refractivity contribution in [3.05, 3.63) is 45.4 Å². The van der Waals surface area contributed by atoms with E-state index in [1.807, 2.05) is 42.8 Å². The number of carbonyl (C=O) groups excluding carboxylic acids is 1. The van der Waals surface area contributed by atoms with E-state index < -0.39 is 0 Å². The van der Waals surface area contributed by atoms with Gasteiger partial charge in [-0.2, -0.15) is 0 Å². The number of amides is 1. The molecule has 0 radical (unpaired) electrons. The zero-order chi connectivity index (χ0) is 14.5. The normalized spacial score (nSPS) is 9.95. The number of thiophene rings is 1. The van der Waals surface area contributed by atoms with Crippen LogP contribution >= 0.6 is 11.3 Å². The molecule has 20 heavy (non-hydrogen) atoms. The molecule has 0 aliphatic carbocycles. The molecule has 2 heterocycles. The maximum Gasteiger partial charge on any atom is 0.268 e. The third-order valence-corrected chi connectivity index (χ3v) is 4.00. The molecule has 2 rings (SSSR count). The van der Waals surface area contributed by atoms with Crippen LogP contribution in [0.1, 0.15) is 25.9 Å². The summed E-state index contributed by atoms with van der Waals surface area (Å²) >= 11 is 1.57. The predicted octanol–water partition coefficient (Wildman–Crippen LogP) is 1.64. The van der Waals surface area contributed by atoms with Gasteiger partial charge in [-0.15, -0.1) is 11.3 Å². The van der Waals surface area contributed by atoms with Crippen LogP contribution in [0.5, 0.6) is 0 Å². The van der Waals surface area contributed by atoms with Crippen molar-refractivity contribution in [2.45, 2.75) is 13.5 Å². The molecule has 0 unspecified atom stereocenters. The molecule has 104 valence electrons. The number of aromatic nitrogens is 1. The van der Waals surface area contributed by atoms with Crippen molar-refractivity contribution in [3.8, 4) is 11.8 Å². The summed E-state index contributed by atoms with van der Waals surface area (Å²) in [5.74, 6) is 5.73. The Labute approximate surface area is 122 Å². The van der Waals surface area contributed by atoms with Gasteiger partial charge in [-0.3, -0.25) is 4.79 Å². The molecular formula is C15H17N3OS. The zero-order valence-electron chi connectivity index (χ0n) is 11.6. The van der Waals surface area contributed by atoms with Crippen LogP contribution in [0.2, 0.25) is 0 Å². The zero-order valence-corrected chi connectivity index (χ0v) is 12.4. The lowest BCUT2D eigenvalue weighted by molar-refractivity contribution is 0.0943. The van der Waals surface area contributed by atoms with E-state index >= 15 is 0 Å². The summed E-state index contributed by atoms with van der Waals surface area (Å²) in [5, 5.41) is 2.92. The summed E-state index contributed by atoms with van der Waals surface area (Å²) in [6.07, 6.45) is 0. The first kappa shape index (κ1) is 14.4. The molecule has 2 aromatic heterocycles. The minimum absolute atomic E-state index is 0.0661. The van der Waals surface area contributed by atoms with Gasteiger partial charge in [0.1, 0.15) is 5.69 Å². The SMILES string of the molecule is Cc1ccc(C(=O)NCc2ccc(C#CCN)s2)n1C. The van der Waals surface area contributed by atoms with Crippen molar-refractivity contribution >= 4 is 17.2 Å². The highest BCUT2D eigenvalue weighted by Gasteiger charge is 2.10. The highest BCUT2D eigenvalue weighted by atomic mass is 32.1. The molecular weight excluding hydrogens is 270 g/mol. The number of rotatable bonds is 3. The molecule has 0 atom stereocenters. The lowest BCUT2D eigenvalue weighted by atomic mass is 10.3. The molecule has 3 N–H and O–H groups in total. The third-order valence-electron chi connectivity index (χ3n) is 3.00. The quantitative estimate of drug-likeness (QED) is 0.843. The van der Waals surface area contributed by atoms with Crippen LogP contribution < -0.4 is 11.1 Å². The van der Waals surface area contributed by atoms with Crippen LogP contribution in [0.25, 0.3) is 0 Å². The Morgan fingerprint density at radius 2 is 2.20 bits per heavy atom. The first-order chi connectivity index (χ1) is 9.61. The first-order valence-corrected chi connectivity index (χ1v) is 7.11. The van der Waals surface area contributed by atoms with Gasteiger partial charge in [0.25, 0.3) is 5.91 Å². The molecule has 0 aromatic carbocycles. The van der Waals surface area contributed by atoms with Crippen LogP contribution in [0.3, 0.4) is 0 Å². The summed E-state index contributed by atoms with van der Waals surface area (Å²) in [5.41, 5.74) is 7.06. The van der Waals surface area contributed by atoms with E-state index in [4.69, 9.17) is 5.73 Å². The number of nitrogens with one attached hydrogen (secondary N) is 1. The van der Waals surface area contributed by atoms with E-state index in [0.29, 0.717) is 18.8 Å². The van der Waals surface area contributed by atoms with Gasteiger partial charge >= 0.3 is 0 Å². The number of nitrogens with zero attached hydrogens (tertiary/aromatic N) is 1. The molecule has 0 spiro atoms. The molecule has 1 amide bonds. The molecule has 4 nitrogen and oxygen atoms in total. The predicted molar refractivity (Wildman–Crippen MR) is 81.6 cm³/mol. The monoisotopic (exact) mass is 287 g/mol. The fourth-order valence-electron chi connectivity index (χ4n) is 1.78. The fourth-order valence-corrected chi connectivity index (χ4v) is 2.60. The average Bonchev–Trinajstić information content (AvgIpc) is 3.02. The molecule has 0 saturated carbocycles. The first-order valence-electron chi connectivity index (χ1n) is 6.30. The van der Waals surface area contributed by atoms with Crippen LogP contribution in [-0.2, 0) is 13.6 Å². The molecule has 0 aliphatic heterocycles. The van der Waals surface area contributed by atoms with Crippen molar-refractivity contribution < 1.29 is 4.79 Å². The Hall–Kier alpha value is -2.03. The van der Waals surface area contributed by atoms with Crippen LogP contribution in [0.4, 0.5) is 0 Å². The van der Waals surface area contributed by atoms with Gasteiger partial charge in [-0.1, -0.05) is 11.8 Å². The van der Waals surface area contributed by atoms with E-state index in [1.54, 1.807) is 11.3 Å². The van der Waals surface area contributed by atoms with E-state index in [0.717, 1.165) is 15.4 Å². The fraction of sp³-hybridized carbons (Fsp3) is 0.267. The molecule has 0 fully saturated rings. The Morgan fingerprint density at radius 1 is 1.40 bits per heavy atom. The van der Waals surface area contributed by atoms with E-state index in [9.17, 15) is 4.79 Å². The lowest BCUT2D eigenvalue weighted by Crippen LogP contribution is -2.24. The molecule has 0 bridgehead atoms. The smallest absolute Gasteiger partial charge is 0.268 e. The second kappa shape index (κ2) is 6.42. The van der Waals surface area contributed by atoms with Gasteiger partial charge in [0.05, 0.1) is 18.0 Å². The Bertz CT molecular complexity index is 673. The number of hydrogen-bond acceptors (Lipinski definition) is 3. The van der Waals surface area contributed by atoms with Crippen LogP contribution in [-0.4, -0.2) is 17.0 Å². The molecule has 5 heteroatoms. The minimum atomic E-state index is -0.0661. The highest BCUT2D eigenvalue weighted by molar-refractivity contribution is 7.12. The Balaban J connectivity index is 1.97. The maximum atomic E-state index is 12.1. The van der Waals surface area contributed by atoms with E-state index in [-0.39, 0.29) is 5.91 Å². The Kier molecular flexibility index (Phi) is 4.61. The van der Waals surface area contributed by atoms with Crippen molar-refractivity contribution in [2.24, 2.45) is 12.8 Å². The largest absolute Gasteiger partial charge is 0.346 e. The van der Waals surface area contributed by atoms with Crippen LogP contribution in [0.15, 0.2) is 24.3 Å². The van der Waals surface area contributed by atoms with Crippen molar-refractivity contribution in [3.63, 3.8) is 0 Å². The summed E-state index contributed by atoms with van der Waals surface area (Å²) in [7, 11) is 1.88. The number of aryl methyl sites for hydroxylation is 1. The topological polar surface area (TPSA) is 60.1 Å². The van der Waals surface area contributed by atoms with Gasteiger partial charge in [-0.25, -0.2) is 0 Å². The second-order valence-corrected chi connectivity index (χ2v) is 5.54. The van der Waals surface area contributed by atoms with Gasteiger partial charge in [0.2, 0.25) is 0 Å². The van der Waals surface area contributed by atoms with E-state index in [2.05, 4.69) is 17.2 Å². The average molecular weight is 287 g/mol.